The highest BCUT2D eigenvalue weighted by molar-refractivity contribution is 7.47. The maximum Gasteiger partial charge on any atom is 0.472 e. The zero-order chi connectivity index (χ0) is 105. The van der Waals surface area contributed by atoms with Crippen molar-refractivity contribution >= 4 is 57.3 Å². The maximum absolute atomic E-state index is 15.5. The van der Waals surface area contributed by atoms with E-state index in [9.17, 15) is 58.0 Å². The van der Waals surface area contributed by atoms with E-state index in [0.29, 0.717) is 57.8 Å². The molecule has 842 valence electrons. The first-order valence-corrected chi connectivity index (χ1v) is 62.3. The molecule has 2 heterocycles. The molecule has 4 unspecified atom stereocenters. The lowest BCUT2D eigenvalue weighted by Gasteiger charge is -2.47. The highest BCUT2D eigenvalue weighted by atomic mass is 31.2. The number of amides is 2. The van der Waals surface area contributed by atoms with E-state index in [-0.39, 0.29) is 45.1 Å². The van der Waals surface area contributed by atoms with Gasteiger partial charge in [-0.2, -0.15) is 0 Å². The van der Waals surface area contributed by atoms with Crippen molar-refractivity contribution in [2.75, 3.05) is 26.4 Å². The molecule has 28 nitrogen and oxygen atoms in total. The standard InChI is InChI=1S/C113H215N3O25P2/c1-8-15-22-29-36-43-47-51-58-64-71-78-85-103(122)135-96(82-75-68-61-54-42-35-28-21-14-7)91-105(124)139-111-107(116-100(119)90-95(81-74-67-60-53-41-34-27-20-13-6)134-102(121)84-77-70-63-56-49-45-38-31-24-17-10-3)112(136-97(92-117)109(111)140-143(129,130)132-88-87-114)131-93-98-108(125)110(138-104(123)86-79-72-65-57-50-46-39-32-25-18-11-4)106(113(137-98)141-142(126,127)128)115-99(118)89-94(80-73-66-59-52-40-33-26-19-12-5)133-101(120)83-76-69-62-55-48-44-37-30-23-16-9-2/h94-98,106-113,117,125H,8-93,114H2,1-7H3,(H,115,118)(H,116,119)(H,129,130)(H2,126,127,128)/t94?,95?,96?,97-,98-,106-,107-,108-,109-,110-,111-,112-,113-/m1/s1. The van der Waals surface area contributed by atoms with Gasteiger partial charge in [0.15, 0.2) is 24.8 Å². The van der Waals surface area contributed by atoms with Crippen LogP contribution in [0.5, 0.6) is 0 Å². The van der Waals surface area contributed by atoms with E-state index in [1.165, 1.54) is 135 Å². The molecule has 30 heteroatoms. The lowest BCUT2D eigenvalue weighted by Crippen LogP contribution is -2.68. The fraction of sp³-hybridized carbons (Fsp3) is 0.938. The number of carbonyl (C=O) groups excluding carboxylic acids is 7. The minimum atomic E-state index is -5.70. The van der Waals surface area contributed by atoms with Gasteiger partial charge in [0.05, 0.1) is 39.1 Å². The maximum atomic E-state index is 15.5. The molecule has 0 aromatic rings. The van der Waals surface area contributed by atoms with Gasteiger partial charge in [0.2, 0.25) is 11.8 Å². The van der Waals surface area contributed by atoms with Gasteiger partial charge >= 0.3 is 45.5 Å². The number of nitrogens with one attached hydrogen (secondary N) is 2. The number of ether oxygens (including phenoxy) is 8. The van der Waals surface area contributed by atoms with Gasteiger partial charge in [0.1, 0.15) is 54.8 Å². The molecule has 0 bridgehead atoms. The third kappa shape index (κ3) is 75.6. The minimum absolute atomic E-state index is 0.0902. The summed E-state index contributed by atoms with van der Waals surface area (Å²) in [5, 5.41) is 30.1. The second-order valence-corrected chi connectivity index (χ2v) is 44.3. The summed E-state index contributed by atoms with van der Waals surface area (Å²) in [6.45, 7) is 12.6. The molecule has 0 spiro atoms. The van der Waals surface area contributed by atoms with Gasteiger partial charge in [-0.3, -0.25) is 47.1 Å². The second-order valence-electron chi connectivity index (χ2n) is 41.7. The summed E-state index contributed by atoms with van der Waals surface area (Å²) in [6, 6.07) is -3.77. The number of phosphoric ester groups is 2. The Bertz CT molecular complexity index is 3140. The van der Waals surface area contributed by atoms with Crippen LogP contribution < -0.4 is 16.4 Å². The number of hydrogen-bond donors (Lipinski definition) is 8. The van der Waals surface area contributed by atoms with Crippen molar-refractivity contribution in [3.05, 3.63) is 0 Å². The van der Waals surface area contributed by atoms with Gasteiger partial charge in [0, 0.05) is 32.2 Å². The van der Waals surface area contributed by atoms with Crippen LogP contribution in [-0.2, 0) is 94.2 Å². The van der Waals surface area contributed by atoms with Gasteiger partial charge in [-0.25, -0.2) is 9.13 Å². The molecule has 2 aliphatic rings. The molecule has 0 aromatic heterocycles. The van der Waals surface area contributed by atoms with Gasteiger partial charge in [-0.05, 0) is 64.2 Å². The van der Waals surface area contributed by atoms with Gasteiger partial charge in [-0.1, -0.05) is 466 Å². The number of carbonyl (C=O) groups is 7. The Morgan fingerprint density at radius 1 is 0.315 bits per heavy atom. The predicted molar refractivity (Wildman–Crippen MR) is 571 cm³/mol. The summed E-state index contributed by atoms with van der Waals surface area (Å²) >= 11 is 0. The minimum Gasteiger partial charge on any atom is -0.462 e. The Labute approximate surface area is 868 Å². The van der Waals surface area contributed by atoms with Gasteiger partial charge < -0.3 is 79.2 Å². The molecule has 0 aromatic carbocycles. The lowest BCUT2D eigenvalue weighted by molar-refractivity contribution is -0.297. The fourth-order valence-corrected chi connectivity index (χ4v) is 20.9. The van der Waals surface area contributed by atoms with E-state index < -0.39 is 176 Å². The van der Waals surface area contributed by atoms with Crippen molar-refractivity contribution in [1.82, 2.24) is 10.6 Å². The molecule has 0 radical (unpaired) electrons. The molecule has 0 aliphatic carbocycles. The van der Waals surface area contributed by atoms with Crippen molar-refractivity contribution in [1.29, 1.82) is 0 Å². The van der Waals surface area contributed by atoms with Crippen molar-refractivity contribution in [2.45, 2.75) is 655 Å². The third-order valence-corrected chi connectivity index (χ3v) is 29.7. The van der Waals surface area contributed by atoms with Crippen molar-refractivity contribution in [2.24, 2.45) is 5.73 Å². The Hall–Kier alpha value is -3.73. The number of unbranched alkanes of at least 4 members (excludes halogenated alkanes) is 65. The molecule has 14 atom stereocenters. The molecule has 2 rings (SSSR count). The Balaban J connectivity index is 2.98. The van der Waals surface area contributed by atoms with Crippen LogP contribution in [-0.4, -0.2) is 173 Å². The average Bonchev–Trinajstić information content (AvgIpc) is 0.773. The molecule has 143 heavy (non-hydrogen) atoms. The predicted octanol–water partition coefficient (Wildman–Crippen LogP) is 28.0. The van der Waals surface area contributed by atoms with E-state index in [0.717, 1.165) is 276 Å². The monoisotopic (exact) mass is 2080 g/mol. The Morgan fingerprint density at radius 3 is 0.860 bits per heavy atom. The first-order chi connectivity index (χ1) is 69.4. The number of rotatable bonds is 103. The van der Waals surface area contributed by atoms with Crippen LogP contribution in [0.15, 0.2) is 0 Å². The third-order valence-electron chi connectivity index (χ3n) is 28.2. The van der Waals surface area contributed by atoms with Crippen LogP contribution >= 0.6 is 15.6 Å². The van der Waals surface area contributed by atoms with E-state index in [1.807, 2.05) is 0 Å². The molecule has 2 amide bonds. The molecule has 2 saturated heterocycles. The lowest BCUT2D eigenvalue weighted by atomic mass is 9.95. The van der Waals surface area contributed by atoms with E-state index >= 15 is 9.59 Å². The average molecular weight is 2080 g/mol. The number of hydrogen-bond acceptors (Lipinski definition) is 23. The summed E-state index contributed by atoms with van der Waals surface area (Å²) in [4.78, 5) is 136. The molecule has 0 saturated carbocycles. The first kappa shape index (κ1) is 135. The normalized spacial score (nSPS) is 19.3. The molecule has 2 fully saturated rings. The fourth-order valence-electron chi connectivity index (χ4n) is 19.5. The molecular formula is C113H215N3O25P2. The van der Waals surface area contributed by atoms with E-state index in [1.54, 1.807) is 0 Å². The molecular weight excluding hydrogens is 1860 g/mol. The van der Waals surface area contributed by atoms with Gasteiger partial charge in [0.25, 0.3) is 0 Å². The number of phosphoric acid groups is 2. The Kier molecular flexibility index (Phi) is 88.1. The topological polar surface area (TPSA) is 406 Å². The SMILES string of the molecule is CCCCCCCCCCCCCCC(=O)OC(CCCCCCCCCCC)CC(=O)O[C@@H]1[C@@H](NC(=O)CC(CCCCCCCCCCC)OC(=O)CCCCCCCCCCCCC)[C@H](OC[C@H]2O[C@H](OP(=O)(O)O)[C@H](NC(=O)CC(CCCCCCCCCCC)OC(=O)CCCCCCCCCCCCC)[C@@H](OC(=O)CCCCCCCCCCCCC)[C@@H]2O)O[C@H](CO)[C@H]1OP(=O)(O)OCCN. The zero-order valence-corrected chi connectivity index (χ0v) is 93.5. The summed E-state index contributed by atoms with van der Waals surface area (Å²) in [5.74, 6) is -5.05. The molecule has 2 aliphatic heterocycles. The quantitative estimate of drug-likeness (QED) is 0.0121. The van der Waals surface area contributed by atoms with Crippen molar-refractivity contribution in [3.63, 3.8) is 0 Å². The van der Waals surface area contributed by atoms with Crippen molar-refractivity contribution < 1.29 is 119 Å². The zero-order valence-electron chi connectivity index (χ0n) is 91.7. The van der Waals surface area contributed by atoms with Crippen LogP contribution in [0.2, 0.25) is 0 Å². The number of nitrogens with two attached hydrogens (primary N) is 1. The largest absolute Gasteiger partial charge is 0.472 e. The Morgan fingerprint density at radius 2 is 0.573 bits per heavy atom. The summed E-state index contributed by atoms with van der Waals surface area (Å²) < 4.78 is 95.2. The van der Waals surface area contributed by atoms with Crippen LogP contribution in [0.3, 0.4) is 0 Å². The smallest absolute Gasteiger partial charge is 0.462 e. The first-order valence-electron chi connectivity index (χ1n) is 59.3. The molecule has 9 N–H and O–H groups in total. The highest BCUT2D eigenvalue weighted by Crippen LogP contribution is 2.48. The van der Waals surface area contributed by atoms with Gasteiger partial charge in [-0.15, -0.1) is 0 Å². The number of esters is 5. The summed E-state index contributed by atoms with van der Waals surface area (Å²) in [7, 11) is -11.0. The summed E-state index contributed by atoms with van der Waals surface area (Å²) in [6.07, 6.45) is 54.6. The van der Waals surface area contributed by atoms with Crippen LogP contribution in [0.25, 0.3) is 0 Å². The highest BCUT2D eigenvalue weighted by Gasteiger charge is 2.55. The summed E-state index contributed by atoms with van der Waals surface area (Å²) in [5.41, 5.74) is 5.81. The van der Waals surface area contributed by atoms with Crippen LogP contribution in [0.4, 0.5) is 0 Å². The van der Waals surface area contributed by atoms with Crippen LogP contribution in [0, 0.1) is 0 Å². The second kappa shape index (κ2) is 93.1. The number of aliphatic hydroxyl groups excluding tert-OH is 2. The van der Waals surface area contributed by atoms with Crippen LogP contribution in [0.1, 0.15) is 575 Å². The number of aliphatic hydroxyl groups is 2. The van der Waals surface area contributed by atoms with Crippen molar-refractivity contribution in [3.8, 4) is 0 Å². The van der Waals surface area contributed by atoms with E-state index in [2.05, 4.69) is 59.1 Å². The van der Waals surface area contributed by atoms with E-state index in [4.69, 9.17) is 57.2 Å².